The van der Waals surface area contributed by atoms with E-state index in [-0.39, 0.29) is 0 Å². The Morgan fingerprint density at radius 2 is 1.72 bits per heavy atom. The molecule has 2 fully saturated rings. The summed E-state index contributed by atoms with van der Waals surface area (Å²) in [5, 5.41) is 3.93. The topological polar surface area (TPSA) is 15.3 Å². The molecule has 1 aromatic rings. The first-order valence-electron chi connectivity index (χ1n) is 7.32. The maximum absolute atomic E-state index is 3.93. The molecule has 3 rings (SSSR count). The minimum atomic E-state index is 0.597. The van der Waals surface area contributed by atoms with Crippen molar-refractivity contribution in [2.24, 2.45) is 5.92 Å². The maximum atomic E-state index is 3.93. The average molecular weight is 244 g/mol. The van der Waals surface area contributed by atoms with Crippen molar-refractivity contribution >= 4 is 0 Å². The second-order valence-corrected chi connectivity index (χ2v) is 5.97. The Balaban J connectivity index is 1.64. The quantitative estimate of drug-likeness (QED) is 0.876. The molecule has 2 nitrogen and oxygen atoms in total. The van der Waals surface area contributed by atoms with Crippen molar-refractivity contribution in [3.8, 4) is 0 Å². The summed E-state index contributed by atoms with van der Waals surface area (Å²) in [5.74, 6) is 0.882. The molecule has 1 aromatic carbocycles. The molecule has 1 atom stereocenters. The van der Waals surface area contributed by atoms with Gasteiger partial charge in [-0.05, 0) is 57.3 Å². The highest BCUT2D eigenvalue weighted by Gasteiger charge is 2.33. The third-order valence-corrected chi connectivity index (χ3v) is 4.39. The van der Waals surface area contributed by atoms with Gasteiger partial charge in [0.2, 0.25) is 0 Å². The Kier molecular flexibility index (Phi) is 3.67. The number of hydrogen-bond acceptors (Lipinski definition) is 2. The minimum absolute atomic E-state index is 0.597. The van der Waals surface area contributed by atoms with Crippen LogP contribution >= 0.6 is 0 Å². The average Bonchev–Trinajstić information content (AvgIpc) is 3.23. The predicted molar refractivity (Wildman–Crippen MR) is 75.6 cm³/mol. The second-order valence-electron chi connectivity index (χ2n) is 5.97. The summed E-state index contributed by atoms with van der Waals surface area (Å²) in [5.41, 5.74) is 1.49. The zero-order valence-corrected chi connectivity index (χ0v) is 11.3. The highest BCUT2D eigenvalue weighted by atomic mass is 15.1. The lowest BCUT2D eigenvalue weighted by Crippen LogP contribution is -2.42. The number of benzene rings is 1. The van der Waals surface area contributed by atoms with Crippen molar-refractivity contribution in [2.45, 2.75) is 37.8 Å². The first-order valence-corrected chi connectivity index (χ1v) is 7.32. The molecule has 1 saturated heterocycles. The second kappa shape index (κ2) is 5.41. The van der Waals surface area contributed by atoms with Crippen molar-refractivity contribution in [1.29, 1.82) is 0 Å². The van der Waals surface area contributed by atoms with E-state index in [1.54, 1.807) is 0 Å². The number of piperidine rings is 1. The number of likely N-dealkylation sites (tertiary alicyclic amines) is 1. The van der Waals surface area contributed by atoms with Gasteiger partial charge in [0, 0.05) is 12.1 Å². The van der Waals surface area contributed by atoms with E-state index < -0.39 is 0 Å². The Morgan fingerprint density at radius 1 is 1.06 bits per heavy atom. The van der Waals surface area contributed by atoms with Crippen LogP contribution in [0.25, 0.3) is 0 Å². The molecule has 1 unspecified atom stereocenters. The molecule has 0 aromatic heterocycles. The van der Waals surface area contributed by atoms with Gasteiger partial charge in [-0.2, -0.15) is 0 Å². The zero-order chi connectivity index (χ0) is 12.4. The summed E-state index contributed by atoms with van der Waals surface area (Å²) >= 11 is 0. The van der Waals surface area contributed by atoms with E-state index in [2.05, 4.69) is 47.6 Å². The highest BCUT2D eigenvalue weighted by Crippen LogP contribution is 2.41. The van der Waals surface area contributed by atoms with Crippen LogP contribution in [0.15, 0.2) is 30.3 Å². The van der Waals surface area contributed by atoms with Gasteiger partial charge in [-0.1, -0.05) is 30.3 Å². The largest absolute Gasteiger partial charge is 0.307 e. The molecule has 1 aliphatic heterocycles. The Bertz CT molecular complexity index is 364. The van der Waals surface area contributed by atoms with E-state index in [4.69, 9.17) is 0 Å². The van der Waals surface area contributed by atoms with Gasteiger partial charge in [-0.25, -0.2) is 0 Å². The van der Waals surface area contributed by atoms with Crippen LogP contribution in [0.1, 0.15) is 37.3 Å². The number of rotatable bonds is 4. The van der Waals surface area contributed by atoms with Gasteiger partial charge in [0.05, 0.1) is 0 Å². The van der Waals surface area contributed by atoms with Gasteiger partial charge in [-0.15, -0.1) is 0 Å². The van der Waals surface area contributed by atoms with Crippen LogP contribution in [0.3, 0.4) is 0 Å². The fourth-order valence-electron chi connectivity index (χ4n) is 3.02. The van der Waals surface area contributed by atoms with Crippen LogP contribution in [0.4, 0.5) is 0 Å². The molecule has 2 aliphatic rings. The van der Waals surface area contributed by atoms with E-state index in [0.717, 1.165) is 5.92 Å². The van der Waals surface area contributed by atoms with E-state index in [1.807, 2.05) is 0 Å². The van der Waals surface area contributed by atoms with Gasteiger partial charge < -0.3 is 10.2 Å². The van der Waals surface area contributed by atoms with E-state index in [1.165, 1.54) is 44.3 Å². The number of nitrogens with one attached hydrogen (secondary N) is 1. The third-order valence-electron chi connectivity index (χ3n) is 4.39. The van der Waals surface area contributed by atoms with Gasteiger partial charge in [0.15, 0.2) is 0 Å². The van der Waals surface area contributed by atoms with Gasteiger partial charge in [-0.3, -0.25) is 0 Å². The molecular formula is C16H24N2. The summed E-state index contributed by atoms with van der Waals surface area (Å²) < 4.78 is 0. The summed E-state index contributed by atoms with van der Waals surface area (Å²) in [6.45, 7) is 2.48. The molecule has 98 valence electrons. The molecule has 0 bridgehead atoms. The fourth-order valence-corrected chi connectivity index (χ4v) is 3.02. The first kappa shape index (κ1) is 12.2. The highest BCUT2D eigenvalue weighted by molar-refractivity contribution is 5.21. The summed E-state index contributed by atoms with van der Waals surface area (Å²) in [7, 11) is 2.23. The van der Waals surface area contributed by atoms with Crippen molar-refractivity contribution < 1.29 is 0 Å². The van der Waals surface area contributed by atoms with Gasteiger partial charge in [0.1, 0.15) is 0 Å². The summed E-state index contributed by atoms with van der Waals surface area (Å²) in [4.78, 5) is 2.44. The van der Waals surface area contributed by atoms with Gasteiger partial charge in [0.25, 0.3) is 0 Å². The molecule has 18 heavy (non-hydrogen) atoms. The maximum Gasteiger partial charge on any atom is 0.0351 e. The summed E-state index contributed by atoms with van der Waals surface area (Å²) in [6, 6.07) is 12.3. The number of nitrogens with zero attached hydrogens (tertiary/aromatic N) is 1. The Labute approximate surface area is 110 Å². The number of hydrogen-bond donors (Lipinski definition) is 1. The van der Waals surface area contributed by atoms with Crippen LogP contribution in [-0.4, -0.2) is 31.1 Å². The van der Waals surface area contributed by atoms with Crippen molar-refractivity contribution in [1.82, 2.24) is 10.2 Å². The standard InChI is InChI=1S/C16H24N2/c1-18-11-9-15(10-12-18)17-16(14-7-8-14)13-5-3-2-4-6-13/h2-6,14-17H,7-12H2,1H3. The van der Waals surface area contributed by atoms with E-state index in [0.29, 0.717) is 12.1 Å². The lowest BCUT2D eigenvalue weighted by Gasteiger charge is -2.33. The molecule has 0 amide bonds. The van der Waals surface area contributed by atoms with Crippen molar-refractivity contribution in [3.63, 3.8) is 0 Å². The lowest BCUT2D eigenvalue weighted by molar-refractivity contribution is 0.220. The molecule has 1 aliphatic carbocycles. The Morgan fingerprint density at radius 3 is 2.33 bits per heavy atom. The van der Waals surface area contributed by atoms with E-state index >= 15 is 0 Å². The lowest BCUT2D eigenvalue weighted by atomic mass is 9.98. The van der Waals surface area contributed by atoms with Crippen molar-refractivity contribution in [2.75, 3.05) is 20.1 Å². The van der Waals surface area contributed by atoms with Gasteiger partial charge >= 0.3 is 0 Å². The third kappa shape index (κ3) is 2.93. The van der Waals surface area contributed by atoms with Crippen LogP contribution in [-0.2, 0) is 0 Å². The minimum Gasteiger partial charge on any atom is -0.307 e. The van der Waals surface area contributed by atoms with E-state index in [9.17, 15) is 0 Å². The molecular weight excluding hydrogens is 220 g/mol. The molecule has 0 spiro atoms. The monoisotopic (exact) mass is 244 g/mol. The predicted octanol–water partition coefficient (Wildman–Crippen LogP) is 2.82. The first-order chi connectivity index (χ1) is 8.83. The van der Waals surface area contributed by atoms with Crippen LogP contribution in [0.2, 0.25) is 0 Å². The SMILES string of the molecule is CN1CCC(NC(c2ccccc2)C2CC2)CC1. The smallest absolute Gasteiger partial charge is 0.0351 e. The van der Waals surface area contributed by atoms with Crippen LogP contribution < -0.4 is 5.32 Å². The Hall–Kier alpha value is -0.860. The van der Waals surface area contributed by atoms with Crippen LogP contribution in [0, 0.1) is 5.92 Å². The molecule has 1 saturated carbocycles. The van der Waals surface area contributed by atoms with Crippen molar-refractivity contribution in [3.05, 3.63) is 35.9 Å². The molecule has 2 heteroatoms. The zero-order valence-electron chi connectivity index (χ0n) is 11.3. The fraction of sp³-hybridized carbons (Fsp3) is 0.625. The molecule has 1 N–H and O–H groups in total. The molecule has 0 radical (unpaired) electrons. The molecule has 1 heterocycles. The summed E-state index contributed by atoms with van der Waals surface area (Å²) in [6.07, 6.45) is 5.40. The normalized spacial score (nSPS) is 24.1. The van der Waals surface area contributed by atoms with Crippen LogP contribution in [0.5, 0.6) is 0 Å².